The molecule has 1 atom stereocenters. The van der Waals surface area contributed by atoms with E-state index >= 15 is 0 Å². The minimum absolute atomic E-state index is 0.0528. The number of amides is 2. The number of hydrogen-bond donors (Lipinski definition) is 2. The van der Waals surface area contributed by atoms with Gasteiger partial charge in [-0.05, 0) is 69.0 Å². The molecule has 0 unspecified atom stereocenters. The molecule has 0 saturated carbocycles. The van der Waals surface area contributed by atoms with Crippen LogP contribution in [0.25, 0.3) is 22.2 Å². The number of H-pyrrole nitrogens is 1. The summed E-state index contributed by atoms with van der Waals surface area (Å²) >= 11 is 0. The van der Waals surface area contributed by atoms with Gasteiger partial charge in [0.05, 0.1) is 5.56 Å². The van der Waals surface area contributed by atoms with Gasteiger partial charge in [-0.1, -0.05) is 18.2 Å². The van der Waals surface area contributed by atoms with E-state index in [1.165, 1.54) is 12.1 Å². The highest BCUT2D eigenvalue weighted by molar-refractivity contribution is 6.10. The highest BCUT2D eigenvalue weighted by atomic mass is 19.1. The fraction of sp³-hybridized carbons (Fsp3) is 0.429. The third-order valence-corrected chi connectivity index (χ3v) is 6.83. The first-order valence-electron chi connectivity index (χ1n) is 12.5. The number of carbonyl (C=O) groups is 2. The third kappa shape index (κ3) is 4.82. The van der Waals surface area contributed by atoms with Gasteiger partial charge >= 0.3 is 6.09 Å². The van der Waals surface area contributed by atoms with Crippen molar-refractivity contribution >= 4 is 22.9 Å². The number of aromatic amines is 1. The zero-order valence-electron chi connectivity index (χ0n) is 21.3. The maximum absolute atomic E-state index is 14.2. The van der Waals surface area contributed by atoms with Crippen molar-refractivity contribution in [1.29, 1.82) is 0 Å². The van der Waals surface area contributed by atoms with Crippen LogP contribution in [0.1, 0.15) is 49.2 Å². The second kappa shape index (κ2) is 9.24. The number of nitrogens with zero attached hydrogens (tertiary/aromatic N) is 2. The molecule has 8 heteroatoms. The van der Waals surface area contributed by atoms with E-state index in [1.807, 2.05) is 37.8 Å². The largest absolute Gasteiger partial charge is 0.444 e. The Bertz CT molecular complexity index is 1330. The Morgan fingerprint density at radius 1 is 1.19 bits per heavy atom. The Labute approximate surface area is 210 Å². The summed E-state index contributed by atoms with van der Waals surface area (Å²) in [6.07, 6.45) is 0.415. The lowest BCUT2D eigenvalue weighted by molar-refractivity contribution is 0.000554. The van der Waals surface area contributed by atoms with E-state index in [9.17, 15) is 14.0 Å². The predicted molar refractivity (Wildman–Crippen MR) is 137 cm³/mol. The van der Waals surface area contributed by atoms with Gasteiger partial charge in [0, 0.05) is 55.4 Å². The molecule has 1 saturated heterocycles. The summed E-state index contributed by atoms with van der Waals surface area (Å²) in [5, 5.41) is 3.68. The summed E-state index contributed by atoms with van der Waals surface area (Å²) in [5.41, 5.74) is 4.65. The Morgan fingerprint density at radius 2 is 2.00 bits per heavy atom. The smallest absolute Gasteiger partial charge is 0.410 e. The number of piperazine rings is 1. The lowest BCUT2D eigenvalue weighted by Crippen LogP contribution is -2.54. The Hall–Kier alpha value is -3.39. The molecule has 2 aliphatic heterocycles. The van der Waals surface area contributed by atoms with Crippen molar-refractivity contribution in [3.63, 3.8) is 0 Å². The van der Waals surface area contributed by atoms with Gasteiger partial charge in [-0.3, -0.25) is 9.69 Å². The van der Waals surface area contributed by atoms with Crippen molar-refractivity contribution in [1.82, 2.24) is 20.1 Å². The van der Waals surface area contributed by atoms with E-state index < -0.39 is 11.4 Å². The van der Waals surface area contributed by atoms with E-state index in [0.29, 0.717) is 30.6 Å². The first-order valence-corrected chi connectivity index (χ1v) is 12.5. The second-order valence-corrected chi connectivity index (χ2v) is 10.8. The highest BCUT2D eigenvalue weighted by Gasteiger charge is 2.31. The summed E-state index contributed by atoms with van der Waals surface area (Å²) in [6, 6.07) is 11.2. The van der Waals surface area contributed by atoms with Crippen molar-refractivity contribution in [3.8, 4) is 11.3 Å². The van der Waals surface area contributed by atoms with Crippen molar-refractivity contribution in [2.75, 3.05) is 26.2 Å². The average Bonchev–Trinajstić information content (AvgIpc) is 3.06. The lowest BCUT2D eigenvalue weighted by atomic mass is 9.99. The van der Waals surface area contributed by atoms with Crippen LogP contribution in [0.3, 0.4) is 0 Å². The topological polar surface area (TPSA) is 77.7 Å². The highest BCUT2D eigenvalue weighted by Crippen LogP contribution is 2.35. The van der Waals surface area contributed by atoms with Gasteiger partial charge in [-0.25, -0.2) is 9.18 Å². The molecule has 3 aromatic rings. The fourth-order valence-corrected chi connectivity index (χ4v) is 5.29. The molecule has 1 fully saturated rings. The van der Waals surface area contributed by atoms with E-state index in [-0.39, 0.29) is 18.0 Å². The molecule has 0 spiro atoms. The van der Waals surface area contributed by atoms with Gasteiger partial charge in [-0.2, -0.15) is 0 Å². The number of rotatable bonds is 3. The van der Waals surface area contributed by atoms with Crippen LogP contribution < -0.4 is 5.32 Å². The molecule has 0 aliphatic carbocycles. The summed E-state index contributed by atoms with van der Waals surface area (Å²) in [4.78, 5) is 32.6. The molecule has 190 valence electrons. The van der Waals surface area contributed by atoms with Crippen LogP contribution in [0.4, 0.5) is 9.18 Å². The van der Waals surface area contributed by atoms with Gasteiger partial charge < -0.3 is 19.9 Å². The van der Waals surface area contributed by atoms with Crippen LogP contribution in [0.5, 0.6) is 0 Å². The minimum Gasteiger partial charge on any atom is -0.444 e. The fourth-order valence-electron chi connectivity index (χ4n) is 5.29. The van der Waals surface area contributed by atoms with Gasteiger partial charge in [-0.15, -0.1) is 0 Å². The number of hydrogen-bond acceptors (Lipinski definition) is 4. The van der Waals surface area contributed by atoms with Crippen LogP contribution >= 0.6 is 0 Å². The third-order valence-electron chi connectivity index (χ3n) is 6.83. The van der Waals surface area contributed by atoms with E-state index in [2.05, 4.69) is 34.3 Å². The Balaban J connectivity index is 1.36. The number of nitrogens with one attached hydrogen (secondary N) is 2. The maximum atomic E-state index is 14.2. The monoisotopic (exact) mass is 492 g/mol. The SMILES string of the molecule is C[C@@H]1CN(Cc2cccc(-c3[nH]c4cc(F)cc5c4c3CCNC5=O)c2)CCN1C(=O)OC(C)(C)C. The lowest BCUT2D eigenvalue weighted by Gasteiger charge is -2.40. The Morgan fingerprint density at radius 3 is 2.75 bits per heavy atom. The van der Waals surface area contributed by atoms with Crippen LogP contribution in [0, 0.1) is 5.82 Å². The molecule has 0 radical (unpaired) electrons. The molecular weight excluding hydrogens is 459 g/mol. The van der Waals surface area contributed by atoms with E-state index in [1.54, 1.807) is 0 Å². The molecule has 2 amide bonds. The van der Waals surface area contributed by atoms with Gasteiger partial charge in [0.1, 0.15) is 11.4 Å². The van der Waals surface area contributed by atoms with Crippen LogP contribution in [-0.4, -0.2) is 64.6 Å². The van der Waals surface area contributed by atoms with Crippen LogP contribution in [0.15, 0.2) is 36.4 Å². The van der Waals surface area contributed by atoms with Crippen molar-refractivity contribution in [2.24, 2.45) is 0 Å². The van der Waals surface area contributed by atoms with Crippen molar-refractivity contribution < 1.29 is 18.7 Å². The summed E-state index contributed by atoms with van der Waals surface area (Å²) < 4.78 is 19.8. The molecule has 2 aliphatic rings. The van der Waals surface area contributed by atoms with E-state index in [4.69, 9.17) is 4.74 Å². The standard InChI is InChI=1S/C28H33FN4O3/c1-17-15-32(10-11-33(17)27(35)36-28(2,3)4)16-18-6-5-7-19(12-18)25-21-8-9-30-26(34)22-13-20(29)14-23(31-25)24(21)22/h5-7,12-14,17,31H,8-11,15-16H2,1-4H3,(H,30,34)/t17-/m1/s1. The molecule has 2 N–H and O–H groups in total. The summed E-state index contributed by atoms with van der Waals surface area (Å²) in [7, 11) is 0. The zero-order valence-corrected chi connectivity index (χ0v) is 21.3. The van der Waals surface area contributed by atoms with Gasteiger partial charge in [0.25, 0.3) is 5.91 Å². The number of benzene rings is 2. The van der Waals surface area contributed by atoms with Gasteiger partial charge in [0.15, 0.2) is 0 Å². The van der Waals surface area contributed by atoms with Crippen LogP contribution in [0.2, 0.25) is 0 Å². The first kappa shape index (κ1) is 24.3. The predicted octanol–water partition coefficient (Wildman–Crippen LogP) is 4.70. The van der Waals surface area contributed by atoms with Crippen molar-refractivity contribution in [3.05, 3.63) is 58.9 Å². The summed E-state index contributed by atoms with van der Waals surface area (Å²) in [5.74, 6) is -0.667. The van der Waals surface area contributed by atoms with Gasteiger partial charge in [0.2, 0.25) is 0 Å². The summed E-state index contributed by atoms with van der Waals surface area (Å²) in [6.45, 7) is 11.1. The number of aromatic nitrogens is 1. The normalized spacial score (nSPS) is 18.8. The molecule has 7 nitrogen and oxygen atoms in total. The minimum atomic E-state index is -0.509. The quantitative estimate of drug-likeness (QED) is 0.556. The molecule has 5 rings (SSSR count). The molecule has 2 aromatic carbocycles. The van der Waals surface area contributed by atoms with Crippen LogP contribution in [-0.2, 0) is 17.7 Å². The Kier molecular flexibility index (Phi) is 6.24. The molecule has 1 aromatic heterocycles. The number of ether oxygens (including phenoxy) is 1. The molecule has 36 heavy (non-hydrogen) atoms. The maximum Gasteiger partial charge on any atom is 0.410 e. The molecule has 0 bridgehead atoms. The molecule has 3 heterocycles. The first-order chi connectivity index (χ1) is 17.1. The molecular formula is C28H33FN4O3. The number of halogens is 1. The average molecular weight is 493 g/mol. The van der Waals surface area contributed by atoms with E-state index in [0.717, 1.165) is 47.4 Å². The number of carbonyl (C=O) groups excluding carboxylic acids is 2. The second-order valence-electron chi connectivity index (χ2n) is 10.8. The zero-order chi connectivity index (χ0) is 25.6. The van der Waals surface area contributed by atoms with Crippen molar-refractivity contribution in [2.45, 2.75) is 52.3 Å².